The summed E-state index contributed by atoms with van der Waals surface area (Å²) in [5.74, 6) is -0.878. The molecule has 0 fully saturated rings. The summed E-state index contributed by atoms with van der Waals surface area (Å²) in [4.78, 5) is 24.5. The van der Waals surface area contributed by atoms with Crippen molar-refractivity contribution in [1.29, 1.82) is 0 Å². The van der Waals surface area contributed by atoms with Gasteiger partial charge >= 0.3 is 5.97 Å². The number of nitrogens with zero attached hydrogens (tertiary/aromatic N) is 1. The Morgan fingerprint density at radius 2 is 2.10 bits per heavy atom. The molecular weight excluding hydrogens is 322 g/mol. The molecule has 1 aromatic rings. The van der Waals surface area contributed by atoms with Gasteiger partial charge in [-0.3, -0.25) is 9.59 Å². The molecule has 0 saturated heterocycles. The lowest BCUT2D eigenvalue weighted by Gasteiger charge is -2.27. The van der Waals surface area contributed by atoms with Crippen LogP contribution < -0.4 is 0 Å². The first-order valence-corrected chi connectivity index (χ1v) is 7.49. The number of benzene rings is 1. The molecule has 0 aromatic heterocycles. The minimum absolute atomic E-state index is 0.00113. The normalized spacial score (nSPS) is 11.9. The van der Waals surface area contributed by atoms with Crippen LogP contribution in [0.2, 0.25) is 0 Å². The lowest BCUT2D eigenvalue weighted by atomic mass is 10.1. The van der Waals surface area contributed by atoms with Gasteiger partial charge in [-0.2, -0.15) is 0 Å². The number of aliphatic carboxylic acids is 1. The Morgan fingerprint density at radius 1 is 1.40 bits per heavy atom. The Labute approximate surface area is 127 Å². The summed E-state index contributed by atoms with van der Waals surface area (Å²) >= 11 is 3.40. The minimum Gasteiger partial charge on any atom is -0.481 e. The molecular formula is C15H20BrNO3. The van der Waals surface area contributed by atoms with Crippen molar-refractivity contribution < 1.29 is 14.7 Å². The third kappa shape index (κ3) is 5.33. The van der Waals surface area contributed by atoms with Gasteiger partial charge in [-0.1, -0.05) is 28.1 Å². The van der Waals surface area contributed by atoms with Gasteiger partial charge in [-0.05, 0) is 38.0 Å². The van der Waals surface area contributed by atoms with Crippen molar-refractivity contribution in [1.82, 2.24) is 4.90 Å². The first kappa shape index (κ1) is 16.7. The largest absolute Gasteiger partial charge is 0.481 e. The Morgan fingerprint density at radius 3 is 2.65 bits per heavy atom. The van der Waals surface area contributed by atoms with Crippen LogP contribution in [0.15, 0.2) is 28.7 Å². The number of rotatable bonds is 7. The summed E-state index contributed by atoms with van der Waals surface area (Å²) in [6.07, 6.45) is 1.04. The molecule has 0 aliphatic carbocycles. The van der Waals surface area contributed by atoms with E-state index in [-0.39, 0.29) is 18.4 Å². The molecule has 110 valence electrons. The zero-order valence-electron chi connectivity index (χ0n) is 11.8. The number of halogens is 1. The highest BCUT2D eigenvalue weighted by Crippen LogP contribution is 2.14. The first-order valence-electron chi connectivity index (χ1n) is 6.69. The van der Waals surface area contributed by atoms with Crippen LogP contribution in [0.3, 0.4) is 0 Å². The van der Waals surface area contributed by atoms with Gasteiger partial charge in [0, 0.05) is 23.5 Å². The average Bonchev–Trinajstić information content (AvgIpc) is 2.36. The molecule has 1 amide bonds. The number of amides is 1. The standard InChI is InChI=1S/C15H20BrNO3/c1-3-17(11(2)9-15(19)20)14(18)8-7-12-5-4-6-13(16)10-12/h4-6,10-11H,3,7-9H2,1-2H3,(H,19,20). The highest BCUT2D eigenvalue weighted by atomic mass is 79.9. The van der Waals surface area contributed by atoms with Crippen LogP contribution in [-0.2, 0) is 16.0 Å². The van der Waals surface area contributed by atoms with E-state index in [1.54, 1.807) is 11.8 Å². The maximum Gasteiger partial charge on any atom is 0.305 e. The molecule has 0 aliphatic heterocycles. The SMILES string of the molecule is CCN(C(=O)CCc1cccc(Br)c1)C(C)CC(=O)O. The van der Waals surface area contributed by atoms with Gasteiger partial charge in [-0.25, -0.2) is 0 Å². The molecule has 4 nitrogen and oxygen atoms in total. The Bertz CT molecular complexity index is 476. The van der Waals surface area contributed by atoms with Crippen molar-refractivity contribution in [2.75, 3.05) is 6.54 Å². The molecule has 0 bridgehead atoms. The zero-order chi connectivity index (χ0) is 15.1. The molecule has 0 radical (unpaired) electrons. The zero-order valence-corrected chi connectivity index (χ0v) is 13.4. The van der Waals surface area contributed by atoms with E-state index in [4.69, 9.17) is 5.11 Å². The van der Waals surface area contributed by atoms with Crippen LogP contribution >= 0.6 is 15.9 Å². The van der Waals surface area contributed by atoms with E-state index in [2.05, 4.69) is 15.9 Å². The average molecular weight is 342 g/mol. The second kappa shape index (κ2) is 8.04. The smallest absolute Gasteiger partial charge is 0.305 e. The fraction of sp³-hybridized carbons (Fsp3) is 0.467. The second-order valence-electron chi connectivity index (χ2n) is 4.76. The molecule has 20 heavy (non-hydrogen) atoms. The molecule has 5 heteroatoms. The summed E-state index contributed by atoms with van der Waals surface area (Å²) in [5, 5.41) is 8.81. The van der Waals surface area contributed by atoms with E-state index in [0.717, 1.165) is 10.0 Å². The molecule has 1 aromatic carbocycles. The van der Waals surface area contributed by atoms with E-state index in [0.29, 0.717) is 19.4 Å². The summed E-state index contributed by atoms with van der Waals surface area (Å²) in [5.41, 5.74) is 1.09. The Balaban J connectivity index is 2.57. The van der Waals surface area contributed by atoms with E-state index >= 15 is 0 Å². The van der Waals surface area contributed by atoms with Crippen molar-refractivity contribution in [2.45, 2.75) is 39.2 Å². The fourth-order valence-corrected chi connectivity index (χ4v) is 2.63. The van der Waals surface area contributed by atoms with E-state index in [1.165, 1.54) is 0 Å². The maximum atomic E-state index is 12.2. The molecule has 0 aliphatic rings. The fourth-order valence-electron chi connectivity index (χ4n) is 2.18. The lowest BCUT2D eigenvalue weighted by Crippen LogP contribution is -2.39. The van der Waals surface area contributed by atoms with Crippen molar-refractivity contribution in [3.63, 3.8) is 0 Å². The van der Waals surface area contributed by atoms with Crippen LogP contribution in [0.5, 0.6) is 0 Å². The molecule has 1 atom stereocenters. The number of carbonyl (C=O) groups excluding carboxylic acids is 1. The van der Waals surface area contributed by atoms with Crippen molar-refractivity contribution in [2.24, 2.45) is 0 Å². The number of carboxylic acids is 1. The maximum absolute atomic E-state index is 12.2. The predicted molar refractivity (Wildman–Crippen MR) is 81.6 cm³/mol. The number of carbonyl (C=O) groups is 2. The molecule has 1 N–H and O–H groups in total. The summed E-state index contributed by atoms with van der Waals surface area (Å²) in [7, 11) is 0. The van der Waals surface area contributed by atoms with E-state index < -0.39 is 5.97 Å². The molecule has 1 rings (SSSR count). The first-order chi connectivity index (χ1) is 9.43. The van der Waals surface area contributed by atoms with Crippen LogP contribution in [0, 0.1) is 0 Å². The highest BCUT2D eigenvalue weighted by molar-refractivity contribution is 9.10. The van der Waals surface area contributed by atoms with Crippen molar-refractivity contribution >= 4 is 27.8 Å². The lowest BCUT2D eigenvalue weighted by molar-refractivity contribution is -0.140. The number of hydrogen-bond donors (Lipinski definition) is 1. The van der Waals surface area contributed by atoms with Crippen LogP contribution in [0.25, 0.3) is 0 Å². The second-order valence-corrected chi connectivity index (χ2v) is 5.67. The quantitative estimate of drug-likeness (QED) is 0.828. The van der Waals surface area contributed by atoms with Gasteiger partial charge in [-0.15, -0.1) is 0 Å². The number of hydrogen-bond acceptors (Lipinski definition) is 2. The Kier molecular flexibility index (Phi) is 6.71. The topological polar surface area (TPSA) is 57.6 Å². The van der Waals surface area contributed by atoms with Gasteiger partial charge < -0.3 is 10.0 Å². The molecule has 0 heterocycles. The van der Waals surface area contributed by atoms with Gasteiger partial charge in [0.25, 0.3) is 0 Å². The van der Waals surface area contributed by atoms with Crippen molar-refractivity contribution in [3.05, 3.63) is 34.3 Å². The van der Waals surface area contributed by atoms with E-state index in [1.807, 2.05) is 31.2 Å². The highest BCUT2D eigenvalue weighted by Gasteiger charge is 2.20. The van der Waals surface area contributed by atoms with Gasteiger partial charge in [0.2, 0.25) is 5.91 Å². The molecule has 1 unspecified atom stereocenters. The van der Waals surface area contributed by atoms with Crippen molar-refractivity contribution in [3.8, 4) is 0 Å². The van der Waals surface area contributed by atoms with E-state index in [9.17, 15) is 9.59 Å². The summed E-state index contributed by atoms with van der Waals surface area (Å²) < 4.78 is 0.994. The predicted octanol–water partition coefficient (Wildman–Crippen LogP) is 3.09. The molecule has 0 saturated carbocycles. The Hall–Kier alpha value is -1.36. The minimum atomic E-state index is -0.879. The van der Waals surface area contributed by atoms with Crippen LogP contribution in [0.4, 0.5) is 0 Å². The molecule has 0 spiro atoms. The third-order valence-corrected chi connectivity index (χ3v) is 3.67. The summed E-state index contributed by atoms with van der Waals surface area (Å²) in [6.45, 7) is 4.18. The number of aryl methyl sites for hydroxylation is 1. The number of carboxylic acid groups (broad SMARTS) is 1. The van der Waals surface area contributed by atoms with Crippen LogP contribution in [-0.4, -0.2) is 34.5 Å². The summed E-state index contributed by atoms with van der Waals surface area (Å²) in [6, 6.07) is 7.58. The van der Waals surface area contributed by atoms with Gasteiger partial charge in [0.05, 0.1) is 6.42 Å². The van der Waals surface area contributed by atoms with Gasteiger partial charge in [0.1, 0.15) is 0 Å². The van der Waals surface area contributed by atoms with Crippen LogP contribution in [0.1, 0.15) is 32.3 Å². The monoisotopic (exact) mass is 341 g/mol. The van der Waals surface area contributed by atoms with Gasteiger partial charge in [0.15, 0.2) is 0 Å². The third-order valence-electron chi connectivity index (χ3n) is 3.18.